The average molecular weight is 344 g/mol. The van der Waals surface area contributed by atoms with E-state index in [0.29, 0.717) is 0 Å². The van der Waals surface area contributed by atoms with Crippen molar-refractivity contribution in [3.8, 4) is 5.75 Å². The molecular weight excluding hydrogens is 321 g/mol. The number of rotatable bonds is 2. The molecule has 6 heteroatoms. The molecule has 1 aliphatic rings. The molecule has 0 bridgehead atoms. The van der Waals surface area contributed by atoms with E-state index in [1.807, 2.05) is 12.5 Å². The van der Waals surface area contributed by atoms with Crippen LogP contribution in [-0.2, 0) is 13.0 Å². The Morgan fingerprint density at radius 1 is 1.23 bits per heavy atom. The third-order valence-corrected chi connectivity index (χ3v) is 4.41. The highest BCUT2D eigenvalue weighted by molar-refractivity contribution is 5.85. The Bertz CT molecular complexity index is 632. The average Bonchev–Trinajstić information content (AvgIpc) is 3.02. The molecule has 1 unspecified atom stereocenters. The first-order chi connectivity index (χ1) is 9.41. The van der Waals surface area contributed by atoms with Crippen molar-refractivity contribution in [2.75, 3.05) is 5.73 Å². The normalized spacial score (nSPS) is 18.9. The summed E-state index contributed by atoms with van der Waals surface area (Å²) in [4.78, 5) is 4.10. The van der Waals surface area contributed by atoms with Crippen LogP contribution in [-0.4, -0.2) is 15.2 Å². The number of hydrogen-bond donors (Lipinski definition) is 1. The molecule has 2 aromatic rings. The van der Waals surface area contributed by atoms with Crippen LogP contribution in [0.1, 0.15) is 29.2 Å². The Morgan fingerprint density at radius 3 is 2.50 bits per heavy atom. The van der Waals surface area contributed by atoms with E-state index in [9.17, 15) is 0 Å². The summed E-state index contributed by atoms with van der Waals surface area (Å²) in [5.41, 5.74) is 11.6. The summed E-state index contributed by atoms with van der Waals surface area (Å²) in [7, 11) is 0. The van der Waals surface area contributed by atoms with Gasteiger partial charge < -0.3 is 15.0 Å². The van der Waals surface area contributed by atoms with Crippen LogP contribution in [0.25, 0.3) is 0 Å². The van der Waals surface area contributed by atoms with Gasteiger partial charge in [-0.05, 0) is 44.4 Å². The number of imidazole rings is 1. The number of benzene rings is 1. The zero-order valence-electron chi connectivity index (χ0n) is 13.3. The van der Waals surface area contributed by atoms with Gasteiger partial charge in [0.1, 0.15) is 11.4 Å². The quantitative estimate of drug-likeness (QED) is 0.847. The highest BCUT2D eigenvalue weighted by Crippen LogP contribution is 2.44. The van der Waals surface area contributed by atoms with Crippen LogP contribution in [0.2, 0.25) is 0 Å². The molecule has 0 fully saturated rings. The summed E-state index contributed by atoms with van der Waals surface area (Å²) in [6.45, 7) is 9.18. The summed E-state index contributed by atoms with van der Waals surface area (Å²) in [5, 5.41) is 0. The number of nitrogens with two attached hydrogens (primary N) is 1. The number of nitrogen functional groups attached to an aromatic ring is 1. The van der Waals surface area contributed by atoms with E-state index in [4.69, 9.17) is 10.5 Å². The molecule has 1 aromatic carbocycles. The third-order valence-electron chi connectivity index (χ3n) is 4.41. The van der Waals surface area contributed by atoms with Gasteiger partial charge in [-0.1, -0.05) is 0 Å². The Hall–Kier alpha value is -1.39. The molecule has 0 amide bonds. The number of hydrogen-bond acceptors (Lipinski definition) is 3. The van der Waals surface area contributed by atoms with Gasteiger partial charge in [0.2, 0.25) is 0 Å². The largest absolute Gasteiger partial charge is 0.485 e. The monoisotopic (exact) mass is 343 g/mol. The van der Waals surface area contributed by atoms with Crippen molar-refractivity contribution in [1.29, 1.82) is 0 Å². The van der Waals surface area contributed by atoms with Crippen molar-refractivity contribution >= 4 is 30.5 Å². The number of ether oxygens (including phenoxy) is 1. The van der Waals surface area contributed by atoms with E-state index in [1.54, 1.807) is 6.20 Å². The lowest BCUT2D eigenvalue weighted by Crippen LogP contribution is -2.35. The second-order valence-electron chi connectivity index (χ2n) is 6.06. The molecule has 0 saturated carbocycles. The van der Waals surface area contributed by atoms with Crippen molar-refractivity contribution in [2.45, 2.75) is 46.3 Å². The van der Waals surface area contributed by atoms with E-state index in [1.165, 1.54) is 5.56 Å². The van der Waals surface area contributed by atoms with E-state index in [0.717, 1.165) is 41.1 Å². The molecule has 0 aliphatic carbocycles. The summed E-state index contributed by atoms with van der Waals surface area (Å²) >= 11 is 0. The molecular formula is C16H23Cl2N3O. The fourth-order valence-electron chi connectivity index (χ4n) is 3.07. The number of nitrogens with zero attached hydrogens (tertiary/aromatic N) is 2. The van der Waals surface area contributed by atoms with Crippen molar-refractivity contribution in [2.24, 2.45) is 0 Å². The zero-order valence-corrected chi connectivity index (χ0v) is 15.0. The van der Waals surface area contributed by atoms with Crippen LogP contribution in [0.3, 0.4) is 0 Å². The molecule has 2 heterocycles. The lowest BCUT2D eigenvalue weighted by Gasteiger charge is -2.24. The molecule has 1 aromatic heterocycles. The van der Waals surface area contributed by atoms with Crippen LogP contribution in [0.4, 0.5) is 5.69 Å². The zero-order chi connectivity index (χ0) is 14.5. The summed E-state index contributed by atoms with van der Waals surface area (Å²) in [6, 6.07) is 0. The van der Waals surface area contributed by atoms with E-state index in [2.05, 4.69) is 37.2 Å². The van der Waals surface area contributed by atoms with Crippen molar-refractivity contribution in [1.82, 2.24) is 9.55 Å². The minimum atomic E-state index is -0.237. The minimum absolute atomic E-state index is 0. The third kappa shape index (κ3) is 2.90. The second-order valence-corrected chi connectivity index (χ2v) is 6.06. The van der Waals surface area contributed by atoms with Gasteiger partial charge in [-0.2, -0.15) is 0 Å². The SMILES string of the molecule is Cc1c(C)c2c(c(C)c1N)CC(C)(Cn1ccnc1)O2.Cl.Cl. The molecule has 0 saturated heterocycles. The van der Waals surface area contributed by atoms with Gasteiger partial charge in [0.15, 0.2) is 0 Å². The molecule has 122 valence electrons. The summed E-state index contributed by atoms with van der Waals surface area (Å²) < 4.78 is 8.37. The lowest BCUT2D eigenvalue weighted by molar-refractivity contribution is 0.0943. The van der Waals surface area contributed by atoms with Gasteiger partial charge in [0.25, 0.3) is 0 Å². The molecule has 1 atom stereocenters. The topological polar surface area (TPSA) is 53.1 Å². The maximum absolute atomic E-state index is 6.31. The van der Waals surface area contributed by atoms with Crippen LogP contribution < -0.4 is 10.5 Å². The van der Waals surface area contributed by atoms with Gasteiger partial charge in [0.05, 0.1) is 12.9 Å². The number of fused-ring (bicyclic) bond motifs is 1. The molecule has 3 rings (SSSR count). The van der Waals surface area contributed by atoms with Crippen molar-refractivity contribution in [3.63, 3.8) is 0 Å². The predicted octanol–water partition coefficient (Wildman–Crippen LogP) is 3.63. The Labute approximate surface area is 143 Å². The fraction of sp³-hybridized carbons (Fsp3) is 0.438. The summed E-state index contributed by atoms with van der Waals surface area (Å²) in [6.07, 6.45) is 6.48. The molecule has 2 N–H and O–H groups in total. The Balaban J connectivity index is 0.00000121. The smallest absolute Gasteiger partial charge is 0.128 e. The van der Waals surface area contributed by atoms with Gasteiger partial charge in [-0.3, -0.25) is 0 Å². The van der Waals surface area contributed by atoms with E-state index >= 15 is 0 Å². The first-order valence-electron chi connectivity index (χ1n) is 6.94. The highest BCUT2D eigenvalue weighted by Gasteiger charge is 2.38. The molecule has 0 radical (unpaired) electrons. The lowest BCUT2D eigenvalue weighted by atomic mass is 9.92. The van der Waals surface area contributed by atoms with Crippen LogP contribution in [0.15, 0.2) is 18.7 Å². The minimum Gasteiger partial charge on any atom is -0.485 e. The van der Waals surface area contributed by atoms with Crippen molar-refractivity contribution < 1.29 is 4.74 Å². The fourth-order valence-corrected chi connectivity index (χ4v) is 3.07. The van der Waals surface area contributed by atoms with E-state index in [-0.39, 0.29) is 30.4 Å². The Morgan fingerprint density at radius 2 is 1.91 bits per heavy atom. The standard InChI is InChI=1S/C16H21N3O.2ClH/c1-10-11(2)15-13(12(3)14(10)17)7-16(4,20-15)8-19-6-5-18-9-19;;/h5-6,9H,7-8,17H2,1-4H3;2*1H. The van der Waals surface area contributed by atoms with Crippen LogP contribution in [0.5, 0.6) is 5.75 Å². The first-order valence-corrected chi connectivity index (χ1v) is 6.94. The van der Waals surface area contributed by atoms with E-state index < -0.39 is 0 Å². The number of halogens is 2. The number of aromatic nitrogens is 2. The molecule has 22 heavy (non-hydrogen) atoms. The first kappa shape index (κ1) is 18.7. The van der Waals surface area contributed by atoms with Crippen molar-refractivity contribution in [3.05, 3.63) is 41.0 Å². The highest BCUT2D eigenvalue weighted by atomic mass is 35.5. The Kier molecular flexibility index (Phi) is 5.42. The van der Waals surface area contributed by atoms with Gasteiger partial charge in [-0.25, -0.2) is 4.98 Å². The van der Waals surface area contributed by atoms with Gasteiger partial charge in [0, 0.05) is 30.1 Å². The molecule has 4 nitrogen and oxygen atoms in total. The molecule has 0 spiro atoms. The molecule has 1 aliphatic heterocycles. The summed E-state index contributed by atoms with van der Waals surface area (Å²) in [5.74, 6) is 1.02. The maximum Gasteiger partial charge on any atom is 0.128 e. The maximum atomic E-state index is 6.31. The van der Waals surface area contributed by atoms with Gasteiger partial charge in [-0.15, -0.1) is 24.8 Å². The van der Waals surface area contributed by atoms with Gasteiger partial charge >= 0.3 is 0 Å². The van der Waals surface area contributed by atoms with Crippen LogP contribution in [0, 0.1) is 20.8 Å². The number of anilines is 1. The predicted molar refractivity (Wildman–Crippen MR) is 94.5 cm³/mol. The van der Waals surface area contributed by atoms with Crippen LogP contribution >= 0.6 is 24.8 Å². The second kappa shape index (κ2) is 6.39.